The lowest BCUT2D eigenvalue weighted by Gasteiger charge is -2.20. The number of sulfonamides is 1. The van der Waals surface area contributed by atoms with E-state index < -0.39 is 28.1 Å². The van der Waals surface area contributed by atoms with E-state index in [0.717, 1.165) is 0 Å². The maximum Gasteiger partial charge on any atom is 0.251 e. The van der Waals surface area contributed by atoms with Crippen LogP contribution in [0.3, 0.4) is 0 Å². The third-order valence-electron chi connectivity index (χ3n) is 4.60. The largest absolute Gasteiger partial charge is 0.390 e. The van der Waals surface area contributed by atoms with Gasteiger partial charge in [-0.1, -0.05) is 27.7 Å². The van der Waals surface area contributed by atoms with Gasteiger partial charge in [0, 0.05) is 31.7 Å². The van der Waals surface area contributed by atoms with Crippen LogP contribution in [0, 0.1) is 5.92 Å². The van der Waals surface area contributed by atoms with Crippen LogP contribution in [0.25, 0.3) is 0 Å². The molecular weight excluding hydrogens is 422 g/mol. The van der Waals surface area contributed by atoms with Crippen LogP contribution < -0.4 is 10.6 Å². The Balaban J connectivity index is 2.63. The summed E-state index contributed by atoms with van der Waals surface area (Å²) in [6, 6.07) is 5.52. The second-order valence-corrected chi connectivity index (χ2v) is 9.71. The Morgan fingerprint density at radius 2 is 1.61 bits per heavy atom. The van der Waals surface area contributed by atoms with Gasteiger partial charge in [0.05, 0.1) is 23.5 Å². The molecular formula is C21H35N3O6S. The molecule has 1 rings (SSSR count). The molecule has 0 spiro atoms. The summed E-state index contributed by atoms with van der Waals surface area (Å²) < 4.78 is 26.6. The maximum atomic E-state index is 12.6. The Labute approximate surface area is 184 Å². The van der Waals surface area contributed by atoms with E-state index in [9.17, 15) is 28.2 Å². The first-order chi connectivity index (χ1) is 14.5. The minimum atomic E-state index is -3.62. The molecule has 0 saturated carbocycles. The zero-order chi connectivity index (χ0) is 23.6. The van der Waals surface area contributed by atoms with Crippen molar-refractivity contribution in [3.63, 3.8) is 0 Å². The number of carbonyl (C=O) groups excluding carboxylic acids is 2. The highest BCUT2D eigenvalue weighted by atomic mass is 32.2. The van der Waals surface area contributed by atoms with Crippen molar-refractivity contribution in [2.75, 3.05) is 26.2 Å². The van der Waals surface area contributed by atoms with Gasteiger partial charge >= 0.3 is 0 Å². The quantitative estimate of drug-likeness (QED) is 0.345. The first kappa shape index (κ1) is 27.0. The van der Waals surface area contributed by atoms with Crippen LogP contribution in [0.5, 0.6) is 0 Å². The van der Waals surface area contributed by atoms with Gasteiger partial charge < -0.3 is 20.8 Å². The van der Waals surface area contributed by atoms with Crippen LogP contribution in [-0.2, 0) is 14.8 Å². The van der Waals surface area contributed by atoms with Crippen molar-refractivity contribution in [2.45, 2.75) is 57.6 Å². The average molecular weight is 458 g/mol. The molecule has 1 aromatic carbocycles. The van der Waals surface area contributed by atoms with Crippen molar-refractivity contribution in [3.8, 4) is 0 Å². The zero-order valence-electron chi connectivity index (χ0n) is 18.7. The number of nitrogens with zero attached hydrogens (tertiary/aromatic N) is 1. The highest BCUT2D eigenvalue weighted by Crippen LogP contribution is 2.17. The van der Waals surface area contributed by atoms with E-state index >= 15 is 0 Å². The van der Waals surface area contributed by atoms with Gasteiger partial charge in [-0.3, -0.25) is 9.59 Å². The van der Waals surface area contributed by atoms with Crippen LogP contribution in [0.15, 0.2) is 29.2 Å². The average Bonchev–Trinajstić information content (AvgIpc) is 2.73. The Morgan fingerprint density at radius 1 is 1.00 bits per heavy atom. The van der Waals surface area contributed by atoms with Crippen LogP contribution in [0.2, 0.25) is 0 Å². The van der Waals surface area contributed by atoms with E-state index in [-0.39, 0.29) is 35.2 Å². The molecule has 0 radical (unpaired) electrons. The second-order valence-electron chi connectivity index (χ2n) is 7.77. The zero-order valence-corrected chi connectivity index (χ0v) is 19.5. The molecule has 0 fully saturated rings. The minimum Gasteiger partial charge on any atom is -0.390 e. The van der Waals surface area contributed by atoms with Crippen LogP contribution in [-0.4, -0.2) is 73.1 Å². The van der Waals surface area contributed by atoms with Crippen molar-refractivity contribution in [3.05, 3.63) is 29.8 Å². The maximum absolute atomic E-state index is 12.6. The molecule has 0 aliphatic rings. The molecule has 1 aromatic rings. The summed E-state index contributed by atoms with van der Waals surface area (Å²) in [5.74, 6) is -0.642. The summed E-state index contributed by atoms with van der Waals surface area (Å²) in [6.07, 6.45) is -2.22. The van der Waals surface area contributed by atoms with E-state index in [1.165, 1.54) is 28.6 Å². The van der Waals surface area contributed by atoms with Gasteiger partial charge in [0.15, 0.2) is 0 Å². The van der Waals surface area contributed by atoms with Crippen LogP contribution in [0.1, 0.15) is 50.9 Å². The molecule has 176 valence electrons. The van der Waals surface area contributed by atoms with Gasteiger partial charge in [0.25, 0.3) is 5.91 Å². The summed E-state index contributed by atoms with van der Waals surface area (Å²) in [5, 5.41) is 25.1. The fraction of sp³-hybridized carbons (Fsp3) is 0.619. The van der Waals surface area contributed by atoms with Gasteiger partial charge in [-0.15, -0.1) is 0 Å². The Bertz CT molecular complexity index is 811. The summed E-state index contributed by atoms with van der Waals surface area (Å²) in [7, 11) is -3.62. The lowest BCUT2D eigenvalue weighted by Crippen LogP contribution is -2.41. The molecule has 2 amide bonds. The minimum absolute atomic E-state index is 0.0993. The molecule has 31 heavy (non-hydrogen) atoms. The van der Waals surface area contributed by atoms with Crippen molar-refractivity contribution in [1.29, 1.82) is 0 Å². The third-order valence-corrected chi connectivity index (χ3v) is 6.59. The first-order valence-corrected chi connectivity index (χ1v) is 12.0. The summed E-state index contributed by atoms with van der Waals surface area (Å²) >= 11 is 0. The van der Waals surface area contributed by atoms with E-state index in [1.807, 2.05) is 20.8 Å². The van der Waals surface area contributed by atoms with Gasteiger partial charge in [-0.2, -0.15) is 4.31 Å². The number of rotatable bonds is 13. The van der Waals surface area contributed by atoms with Crippen LogP contribution in [0.4, 0.5) is 0 Å². The normalized spacial score (nSPS) is 13.8. The number of aliphatic hydroxyl groups excluding tert-OH is 2. The predicted octanol–water partition coefficient (Wildman–Crippen LogP) is 0.721. The number of amides is 2. The number of hydrogen-bond donors (Lipinski definition) is 4. The number of benzene rings is 1. The number of carbonyl (C=O) groups is 2. The molecule has 10 heteroatoms. The van der Waals surface area contributed by atoms with E-state index in [0.29, 0.717) is 26.1 Å². The molecule has 0 heterocycles. The van der Waals surface area contributed by atoms with E-state index in [2.05, 4.69) is 10.6 Å². The van der Waals surface area contributed by atoms with E-state index in [4.69, 9.17) is 0 Å². The monoisotopic (exact) mass is 457 g/mol. The summed E-state index contributed by atoms with van der Waals surface area (Å²) in [4.78, 5) is 24.1. The Hall–Kier alpha value is -2.01. The van der Waals surface area contributed by atoms with Gasteiger partial charge in [-0.05, 0) is 36.6 Å². The molecule has 9 nitrogen and oxygen atoms in total. The van der Waals surface area contributed by atoms with Gasteiger partial charge in [0.2, 0.25) is 15.9 Å². The van der Waals surface area contributed by atoms with E-state index in [1.54, 1.807) is 6.92 Å². The summed E-state index contributed by atoms with van der Waals surface area (Å²) in [6.45, 7) is 8.53. The lowest BCUT2D eigenvalue weighted by molar-refractivity contribution is -0.124. The molecule has 0 aliphatic carbocycles. The smallest absolute Gasteiger partial charge is 0.251 e. The van der Waals surface area contributed by atoms with Crippen molar-refractivity contribution in [2.24, 2.45) is 5.92 Å². The molecule has 4 N–H and O–H groups in total. The van der Waals surface area contributed by atoms with Crippen molar-refractivity contribution >= 4 is 21.8 Å². The Morgan fingerprint density at radius 3 is 2.13 bits per heavy atom. The van der Waals surface area contributed by atoms with Gasteiger partial charge in [-0.25, -0.2) is 8.42 Å². The first-order valence-electron chi connectivity index (χ1n) is 10.5. The number of hydrogen-bond acceptors (Lipinski definition) is 6. The third kappa shape index (κ3) is 8.56. The molecule has 2 atom stereocenters. The highest BCUT2D eigenvalue weighted by Gasteiger charge is 2.23. The van der Waals surface area contributed by atoms with Gasteiger partial charge in [0.1, 0.15) is 0 Å². The molecule has 0 aliphatic heterocycles. The fourth-order valence-electron chi connectivity index (χ4n) is 2.78. The second kappa shape index (κ2) is 12.7. The molecule has 0 saturated heterocycles. The molecule has 0 bridgehead atoms. The van der Waals surface area contributed by atoms with Crippen molar-refractivity contribution in [1.82, 2.24) is 14.9 Å². The standard InChI is InChI=1S/C21H35N3O6S/c1-5-11-24(6-2)31(29,30)17-9-7-16(8-10-17)21(28)23-14-19(26)18(25)12-20(27)22-13-15(3)4/h7-10,15,18-19,25-26H,5-6,11-14H2,1-4H3,(H,22,27)(H,23,28). The SMILES string of the molecule is CCCN(CC)S(=O)(=O)c1ccc(C(=O)NCC(O)C(O)CC(=O)NCC(C)C)cc1. The number of nitrogens with one attached hydrogen (secondary N) is 2. The van der Waals surface area contributed by atoms with Crippen molar-refractivity contribution < 1.29 is 28.2 Å². The fourth-order valence-corrected chi connectivity index (χ4v) is 4.32. The topological polar surface area (TPSA) is 136 Å². The highest BCUT2D eigenvalue weighted by molar-refractivity contribution is 7.89. The molecule has 2 unspecified atom stereocenters. The Kier molecular flexibility index (Phi) is 11.1. The number of aliphatic hydroxyl groups is 2. The molecule has 0 aromatic heterocycles. The summed E-state index contributed by atoms with van der Waals surface area (Å²) in [5.41, 5.74) is 0.217. The predicted molar refractivity (Wildman–Crippen MR) is 118 cm³/mol. The lowest BCUT2D eigenvalue weighted by atomic mass is 10.1. The van der Waals surface area contributed by atoms with Crippen LogP contribution >= 0.6 is 0 Å².